The molecule has 39 heavy (non-hydrogen) atoms. The van der Waals surface area contributed by atoms with Gasteiger partial charge in [0, 0.05) is 24.1 Å². The Morgan fingerprint density at radius 2 is 1.90 bits per heavy atom. The fourth-order valence-corrected chi connectivity index (χ4v) is 5.31. The molecule has 10 nitrogen and oxygen atoms in total. The molecule has 210 valence electrons. The number of nitrogens with one attached hydrogen (secondary N) is 1. The van der Waals surface area contributed by atoms with Gasteiger partial charge in [0.25, 0.3) is 0 Å². The smallest absolute Gasteiger partial charge is 1.00 e. The summed E-state index contributed by atoms with van der Waals surface area (Å²) in [6.45, 7) is 1.91. The number of aliphatic hydroxyl groups is 3. The van der Waals surface area contributed by atoms with E-state index in [1.165, 1.54) is 22.5 Å². The van der Waals surface area contributed by atoms with Crippen LogP contribution in [0.25, 0.3) is 11.2 Å². The summed E-state index contributed by atoms with van der Waals surface area (Å²) < 4.78 is 34.0. The molecule has 0 amide bonds. The maximum Gasteiger partial charge on any atom is 2.00 e. The number of aromatic nitrogens is 5. The zero-order valence-corrected chi connectivity index (χ0v) is 26.3. The number of anilines is 1. The minimum absolute atomic E-state index is 0. The summed E-state index contributed by atoms with van der Waals surface area (Å²) in [6, 6.07) is 3.26. The Bertz CT molecular complexity index is 1250. The van der Waals surface area contributed by atoms with E-state index in [0.717, 1.165) is 24.7 Å². The number of thioether (sulfide) groups is 1. The molecule has 1 aromatic carbocycles. The summed E-state index contributed by atoms with van der Waals surface area (Å²) in [4.78, 5) is 9.27. The molecule has 5 rings (SSSR count). The second-order valence-corrected chi connectivity index (χ2v) is 10.2. The van der Waals surface area contributed by atoms with E-state index in [4.69, 9.17) is 9.84 Å². The molecule has 4 N–H and O–H groups in total. The van der Waals surface area contributed by atoms with Gasteiger partial charge in [0.2, 0.25) is 0 Å². The summed E-state index contributed by atoms with van der Waals surface area (Å²) in [5.74, 6) is -0.472. The van der Waals surface area contributed by atoms with Gasteiger partial charge < -0.3 is 50.2 Å². The van der Waals surface area contributed by atoms with Crippen LogP contribution >= 0.6 is 11.8 Å². The van der Waals surface area contributed by atoms with E-state index in [1.54, 1.807) is 6.07 Å². The summed E-state index contributed by atoms with van der Waals surface area (Å²) in [5.41, 5.74) is 1.53. The Hall–Kier alpha value is -1.25. The zero-order valence-electron chi connectivity index (χ0n) is 21.1. The summed E-state index contributed by atoms with van der Waals surface area (Å²) >= 11 is 1.48. The summed E-state index contributed by atoms with van der Waals surface area (Å²) in [5, 5.41) is 42.5. The van der Waals surface area contributed by atoms with Gasteiger partial charge in [0.15, 0.2) is 33.8 Å². The first-order valence-electron chi connectivity index (χ1n) is 12.0. The van der Waals surface area contributed by atoms with Crippen molar-refractivity contribution in [1.82, 2.24) is 25.0 Å². The van der Waals surface area contributed by atoms with E-state index < -0.39 is 36.0 Å². The van der Waals surface area contributed by atoms with Crippen molar-refractivity contribution in [2.45, 2.75) is 67.7 Å². The quantitative estimate of drug-likeness (QED) is 0.0970. The molecule has 0 aliphatic heterocycles. The third-order valence-electron chi connectivity index (χ3n) is 6.56. The second kappa shape index (κ2) is 14.6. The van der Waals surface area contributed by atoms with E-state index in [-0.39, 0.29) is 75.9 Å². The zero-order chi connectivity index (χ0) is 25.4. The normalized spacial score (nSPS) is 25.5. The Kier molecular flexibility index (Phi) is 12.7. The maximum absolute atomic E-state index is 13.7. The maximum atomic E-state index is 13.7. The minimum atomic E-state index is -1.15. The Labute approximate surface area is 253 Å². The third kappa shape index (κ3) is 7.16. The van der Waals surface area contributed by atoms with Crippen LogP contribution in [0.3, 0.4) is 0 Å². The molecule has 2 fully saturated rings. The molecule has 2 aliphatic carbocycles. The monoisotopic (exact) mass is 656 g/mol. The van der Waals surface area contributed by atoms with Crippen LogP contribution in [-0.2, 0) is 24.2 Å². The van der Waals surface area contributed by atoms with Crippen LogP contribution in [0.4, 0.5) is 14.6 Å². The van der Waals surface area contributed by atoms with Crippen molar-refractivity contribution in [2.24, 2.45) is 0 Å². The molecule has 6 atom stereocenters. The fourth-order valence-electron chi connectivity index (χ4n) is 4.61. The van der Waals surface area contributed by atoms with Crippen molar-refractivity contribution in [3.8, 4) is 0 Å². The van der Waals surface area contributed by atoms with Crippen LogP contribution in [0.2, 0.25) is 0 Å². The van der Waals surface area contributed by atoms with Crippen LogP contribution in [0.1, 0.15) is 43.7 Å². The van der Waals surface area contributed by atoms with Gasteiger partial charge in [-0.3, -0.25) is 0 Å². The molecule has 0 unspecified atom stereocenters. The van der Waals surface area contributed by atoms with Crippen molar-refractivity contribution < 1.29 is 73.1 Å². The van der Waals surface area contributed by atoms with Crippen molar-refractivity contribution in [3.63, 3.8) is 0 Å². The molecule has 0 bridgehead atoms. The first kappa shape index (κ1) is 34.0. The van der Waals surface area contributed by atoms with Gasteiger partial charge in [-0.15, -0.1) is 5.10 Å². The van der Waals surface area contributed by atoms with Gasteiger partial charge in [-0.05, 0) is 30.5 Å². The third-order valence-corrected chi connectivity index (χ3v) is 7.61. The molecule has 3 aromatic rings. The standard InChI is InChI=1S/C23H28F2N6O4S.2ClH.Zn/c1-2-7-36-23-27-21(26-15-9-12(15)11-3-4-13(24)14(25)8-11)18-22(28-23)31(30-29-18)16-10-17(35-6-5-32)20(34)19(16)33;;;/h3-4,8,12,15-17,19-20,32-34H,2,5-7,9-10H2,1H3,(H,26,27,28);2*1H;/q;;;+2/p-2/t12-,15+,16+,17-,19-,20+;;;/m0.../s1. The van der Waals surface area contributed by atoms with Crippen molar-refractivity contribution in [1.29, 1.82) is 0 Å². The van der Waals surface area contributed by atoms with E-state index in [1.807, 2.05) is 0 Å². The first-order chi connectivity index (χ1) is 17.4. The van der Waals surface area contributed by atoms with Crippen LogP contribution in [-0.4, -0.2) is 83.6 Å². The van der Waals surface area contributed by atoms with Crippen LogP contribution in [0, 0.1) is 11.6 Å². The fraction of sp³-hybridized carbons (Fsp3) is 0.565. The van der Waals surface area contributed by atoms with Gasteiger partial charge in [-0.25, -0.2) is 23.4 Å². The van der Waals surface area contributed by atoms with Gasteiger partial charge in [0.1, 0.15) is 12.2 Å². The van der Waals surface area contributed by atoms with E-state index in [0.29, 0.717) is 27.7 Å². The van der Waals surface area contributed by atoms with Gasteiger partial charge in [0.05, 0.1) is 25.4 Å². The summed E-state index contributed by atoms with van der Waals surface area (Å²) in [6.07, 6.45) is -1.04. The molecule has 2 saturated carbocycles. The molecule has 2 aromatic heterocycles. The molecule has 0 saturated heterocycles. The number of rotatable bonds is 10. The molecular weight excluding hydrogens is 631 g/mol. The van der Waals surface area contributed by atoms with Crippen molar-refractivity contribution in [3.05, 3.63) is 35.4 Å². The molecule has 2 heterocycles. The number of fused-ring (bicyclic) bond motifs is 1. The van der Waals surface area contributed by atoms with Gasteiger partial charge >= 0.3 is 19.5 Å². The second-order valence-electron chi connectivity index (χ2n) is 9.09. The van der Waals surface area contributed by atoms with Crippen LogP contribution < -0.4 is 30.1 Å². The number of hydrogen-bond acceptors (Lipinski definition) is 10. The SMILES string of the molecule is CCCSc1nc(N[C@@H]2C[C@H]2c2ccc(F)c(F)c2)c2nnn([C@@H]3C[C@H](OCCO)[C@@H](O)[C@H]3O)c2n1.[Cl-].[Cl-].[Zn+2]. The Balaban J connectivity index is 0.00000178. The largest absolute Gasteiger partial charge is 2.00 e. The Morgan fingerprint density at radius 1 is 1.13 bits per heavy atom. The number of halogens is 4. The molecule has 0 spiro atoms. The first-order valence-corrected chi connectivity index (χ1v) is 13.0. The van der Waals surface area contributed by atoms with E-state index in [2.05, 4.69) is 32.5 Å². The number of aliphatic hydroxyl groups excluding tert-OH is 3. The number of nitrogens with zero attached hydrogens (tertiary/aromatic N) is 5. The minimum Gasteiger partial charge on any atom is -1.00 e. The van der Waals surface area contributed by atoms with E-state index >= 15 is 0 Å². The summed E-state index contributed by atoms with van der Waals surface area (Å²) in [7, 11) is 0. The predicted molar refractivity (Wildman–Crippen MR) is 128 cm³/mol. The number of benzene rings is 1. The molecular formula is C23H28Cl2F2N6O4SZn. The average Bonchev–Trinajstić information content (AvgIpc) is 3.41. The number of hydrogen-bond donors (Lipinski definition) is 4. The number of ether oxygens (including phenoxy) is 1. The molecule has 16 heteroatoms. The Morgan fingerprint density at radius 3 is 2.59 bits per heavy atom. The van der Waals surface area contributed by atoms with Crippen LogP contribution in [0.15, 0.2) is 23.4 Å². The topological polar surface area (TPSA) is 138 Å². The average molecular weight is 659 g/mol. The predicted octanol–water partition coefficient (Wildman–Crippen LogP) is -3.98. The van der Waals surface area contributed by atoms with Gasteiger partial charge in [-0.1, -0.05) is 30.0 Å². The molecule has 2 aliphatic rings. The van der Waals surface area contributed by atoms with Gasteiger partial charge in [-0.2, -0.15) is 0 Å². The van der Waals surface area contributed by atoms with Crippen LogP contribution in [0.5, 0.6) is 0 Å². The molecule has 0 radical (unpaired) electrons. The van der Waals surface area contributed by atoms with Crippen molar-refractivity contribution in [2.75, 3.05) is 24.3 Å². The van der Waals surface area contributed by atoms with Crippen molar-refractivity contribution >= 4 is 28.7 Å². The van der Waals surface area contributed by atoms with E-state index in [9.17, 15) is 19.0 Å².